The zero-order valence-corrected chi connectivity index (χ0v) is 7.49. The molecule has 1 saturated heterocycles. The molecule has 0 spiro atoms. The van der Waals surface area contributed by atoms with Gasteiger partial charge in [0.25, 0.3) is 0 Å². The molecule has 0 aromatic carbocycles. The van der Waals surface area contributed by atoms with Crippen LogP contribution in [0.3, 0.4) is 0 Å². The Bertz CT molecular complexity index is 147. The monoisotopic (exact) mass is 193 g/mol. The molecule has 13 heavy (non-hydrogen) atoms. The predicted octanol–water partition coefficient (Wildman–Crippen LogP) is -0.550. The molecule has 78 valence electrons. The summed E-state index contributed by atoms with van der Waals surface area (Å²) in [6.07, 6.45) is -0.440. The fourth-order valence-electron chi connectivity index (χ4n) is 1.23. The molecule has 5 heteroatoms. The van der Waals surface area contributed by atoms with Crippen molar-refractivity contribution < 1.29 is 19.0 Å². The van der Waals surface area contributed by atoms with Crippen LogP contribution in [0.4, 0.5) is 4.39 Å². The third-order valence-corrected chi connectivity index (χ3v) is 2.02. The normalized spacial score (nSPS) is 31.6. The van der Waals surface area contributed by atoms with Gasteiger partial charge in [-0.2, -0.15) is 0 Å². The molecule has 1 fully saturated rings. The van der Waals surface area contributed by atoms with E-state index >= 15 is 0 Å². The van der Waals surface area contributed by atoms with Crippen molar-refractivity contribution in [1.29, 1.82) is 0 Å². The summed E-state index contributed by atoms with van der Waals surface area (Å²) >= 11 is 0. The van der Waals surface area contributed by atoms with E-state index in [0.717, 1.165) is 0 Å². The molecule has 0 aliphatic carbocycles. The summed E-state index contributed by atoms with van der Waals surface area (Å²) in [4.78, 5) is 0. The summed E-state index contributed by atoms with van der Waals surface area (Å²) < 4.78 is 22.2. The molecule has 1 heterocycles. The SMILES string of the molecule is NC1COCCC1OCC(O)CF. The first kappa shape index (κ1) is 10.8. The fourth-order valence-corrected chi connectivity index (χ4v) is 1.23. The Labute approximate surface area is 76.8 Å². The summed E-state index contributed by atoms with van der Waals surface area (Å²) in [6, 6.07) is -0.166. The molecular weight excluding hydrogens is 177 g/mol. The maximum atomic E-state index is 11.9. The lowest BCUT2D eigenvalue weighted by atomic mass is 10.1. The average Bonchev–Trinajstić information content (AvgIpc) is 2.16. The van der Waals surface area contributed by atoms with E-state index in [1.807, 2.05) is 0 Å². The van der Waals surface area contributed by atoms with Crippen molar-refractivity contribution in [2.75, 3.05) is 26.5 Å². The standard InChI is InChI=1S/C8H16FNO3/c9-3-6(11)4-13-8-1-2-12-5-7(8)10/h6-8,11H,1-5,10H2. The molecule has 3 unspecified atom stereocenters. The van der Waals surface area contributed by atoms with Gasteiger partial charge < -0.3 is 20.3 Å². The Morgan fingerprint density at radius 2 is 2.46 bits per heavy atom. The molecule has 1 rings (SSSR count). The lowest BCUT2D eigenvalue weighted by Gasteiger charge is -2.29. The number of nitrogens with two attached hydrogens (primary N) is 1. The molecule has 0 bridgehead atoms. The van der Waals surface area contributed by atoms with E-state index in [9.17, 15) is 4.39 Å². The minimum absolute atomic E-state index is 0.00880. The Hall–Kier alpha value is -0.230. The van der Waals surface area contributed by atoms with Crippen LogP contribution >= 0.6 is 0 Å². The molecule has 0 amide bonds. The van der Waals surface area contributed by atoms with Crippen molar-refractivity contribution in [3.05, 3.63) is 0 Å². The first-order valence-electron chi connectivity index (χ1n) is 4.43. The zero-order chi connectivity index (χ0) is 9.68. The Morgan fingerprint density at radius 3 is 3.08 bits per heavy atom. The summed E-state index contributed by atoms with van der Waals surface area (Å²) in [6.45, 7) is 0.313. The first-order valence-corrected chi connectivity index (χ1v) is 4.43. The van der Waals surface area contributed by atoms with E-state index in [1.165, 1.54) is 0 Å². The number of hydrogen-bond donors (Lipinski definition) is 2. The van der Waals surface area contributed by atoms with E-state index in [1.54, 1.807) is 0 Å². The van der Waals surface area contributed by atoms with Gasteiger partial charge in [0.05, 0.1) is 25.4 Å². The van der Waals surface area contributed by atoms with E-state index < -0.39 is 12.8 Å². The van der Waals surface area contributed by atoms with Crippen molar-refractivity contribution in [2.45, 2.75) is 24.7 Å². The van der Waals surface area contributed by atoms with Crippen molar-refractivity contribution >= 4 is 0 Å². The van der Waals surface area contributed by atoms with Crippen molar-refractivity contribution in [3.63, 3.8) is 0 Å². The average molecular weight is 193 g/mol. The van der Waals surface area contributed by atoms with E-state index in [-0.39, 0.29) is 18.8 Å². The van der Waals surface area contributed by atoms with Gasteiger partial charge in [0.1, 0.15) is 12.8 Å². The van der Waals surface area contributed by atoms with E-state index in [2.05, 4.69) is 0 Å². The summed E-state index contributed by atoms with van der Waals surface area (Å²) in [5.41, 5.74) is 5.68. The van der Waals surface area contributed by atoms with Gasteiger partial charge in [0.2, 0.25) is 0 Å². The summed E-state index contributed by atoms with van der Waals surface area (Å²) in [5, 5.41) is 8.90. The second kappa shape index (κ2) is 5.49. The third-order valence-electron chi connectivity index (χ3n) is 2.02. The molecule has 0 aromatic rings. The summed E-state index contributed by atoms with van der Waals surface area (Å²) in [5.74, 6) is 0. The largest absolute Gasteiger partial charge is 0.388 e. The lowest BCUT2D eigenvalue weighted by Crippen LogP contribution is -2.45. The topological polar surface area (TPSA) is 64.7 Å². The van der Waals surface area contributed by atoms with Crippen LogP contribution in [0.25, 0.3) is 0 Å². The van der Waals surface area contributed by atoms with Gasteiger partial charge in [-0.1, -0.05) is 0 Å². The van der Waals surface area contributed by atoms with Crippen molar-refractivity contribution in [1.82, 2.24) is 0 Å². The van der Waals surface area contributed by atoms with E-state index in [0.29, 0.717) is 19.6 Å². The van der Waals surface area contributed by atoms with E-state index in [4.69, 9.17) is 20.3 Å². The molecule has 1 aliphatic rings. The number of halogens is 1. The highest BCUT2D eigenvalue weighted by Gasteiger charge is 2.23. The van der Waals surface area contributed by atoms with Gasteiger partial charge in [-0.3, -0.25) is 0 Å². The van der Waals surface area contributed by atoms with Crippen LogP contribution in [0.15, 0.2) is 0 Å². The minimum atomic E-state index is -1.03. The Kier molecular flexibility index (Phi) is 4.58. The van der Waals surface area contributed by atoms with Crippen molar-refractivity contribution in [3.8, 4) is 0 Å². The molecule has 0 radical (unpaired) electrons. The number of alkyl halides is 1. The molecule has 0 aromatic heterocycles. The quantitative estimate of drug-likeness (QED) is 0.628. The number of aliphatic hydroxyl groups is 1. The molecule has 3 N–H and O–H groups in total. The second-order valence-corrected chi connectivity index (χ2v) is 3.21. The van der Waals surface area contributed by atoms with Gasteiger partial charge in [-0.25, -0.2) is 4.39 Å². The molecule has 3 atom stereocenters. The number of ether oxygens (including phenoxy) is 2. The number of rotatable bonds is 4. The van der Waals surface area contributed by atoms with Crippen LogP contribution in [0.1, 0.15) is 6.42 Å². The van der Waals surface area contributed by atoms with Gasteiger partial charge in [-0.05, 0) is 6.42 Å². The van der Waals surface area contributed by atoms with Gasteiger partial charge >= 0.3 is 0 Å². The summed E-state index contributed by atoms with van der Waals surface area (Å²) in [7, 11) is 0. The van der Waals surface area contributed by atoms with Gasteiger partial charge in [0.15, 0.2) is 0 Å². The van der Waals surface area contributed by atoms with Crippen LogP contribution in [0, 0.1) is 0 Å². The highest BCUT2D eigenvalue weighted by atomic mass is 19.1. The number of aliphatic hydroxyl groups excluding tert-OH is 1. The predicted molar refractivity (Wildman–Crippen MR) is 45.1 cm³/mol. The minimum Gasteiger partial charge on any atom is -0.388 e. The van der Waals surface area contributed by atoms with Crippen LogP contribution < -0.4 is 5.73 Å². The maximum absolute atomic E-state index is 11.9. The second-order valence-electron chi connectivity index (χ2n) is 3.21. The van der Waals surface area contributed by atoms with Crippen LogP contribution in [0.5, 0.6) is 0 Å². The van der Waals surface area contributed by atoms with Crippen LogP contribution in [0.2, 0.25) is 0 Å². The first-order chi connectivity index (χ1) is 6.24. The molecular formula is C8H16FNO3. The third kappa shape index (κ3) is 3.56. The maximum Gasteiger partial charge on any atom is 0.118 e. The zero-order valence-electron chi connectivity index (χ0n) is 7.49. The smallest absolute Gasteiger partial charge is 0.118 e. The molecule has 4 nitrogen and oxygen atoms in total. The fraction of sp³-hybridized carbons (Fsp3) is 1.00. The molecule has 1 aliphatic heterocycles. The van der Waals surface area contributed by atoms with Crippen molar-refractivity contribution in [2.24, 2.45) is 5.73 Å². The highest BCUT2D eigenvalue weighted by molar-refractivity contribution is 4.77. The molecule has 0 saturated carbocycles. The van der Waals surface area contributed by atoms with Crippen LogP contribution in [-0.4, -0.2) is 49.9 Å². The lowest BCUT2D eigenvalue weighted by molar-refractivity contribution is -0.0731. The Morgan fingerprint density at radius 1 is 1.69 bits per heavy atom. The highest BCUT2D eigenvalue weighted by Crippen LogP contribution is 2.10. The Balaban J connectivity index is 2.18. The number of hydrogen-bond acceptors (Lipinski definition) is 4. The van der Waals surface area contributed by atoms with Crippen LogP contribution in [-0.2, 0) is 9.47 Å². The van der Waals surface area contributed by atoms with Gasteiger partial charge in [0, 0.05) is 6.61 Å². The van der Waals surface area contributed by atoms with Gasteiger partial charge in [-0.15, -0.1) is 0 Å².